The molecule has 0 N–H and O–H groups in total. The molecule has 0 unspecified atom stereocenters. The van der Waals surface area contributed by atoms with E-state index in [2.05, 4.69) is 22.6 Å². The number of hydrogen-bond acceptors (Lipinski definition) is 4. The van der Waals surface area contributed by atoms with Gasteiger partial charge in [0.05, 0.1) is 22.7 Å². The zero-order chi connectivity index (χ0) is 24.3. The fourth-order valence-corrected chi connectivity index (χ4v) is 4.33. The number of alkyl halides is 3. The molecule has 3 aromatic rings. The fourth-order valence-electron chi connectivity index (χ4n) is 4.33. The molecule has 8 heteroatoms. The predicted octanol–water partition coefficient (Wildman–Crippen LogP) is 6.12. The van der Waals surface area contributed by atoms with Crippen molar-refractivity contribution in [3.63, 3.8) is 0 Å². The van der Waals surface area contributed by atoms with Crippen molar-refractivity contribution in [2.24, 2.45) is 5.41 Å². The molecule has 1 saturated heterocycles. The van der Waals surface area contributed by atoms with Crippen molar-refractivity contribution in [3.05, 3.63) is 90.1 Å². The van der Waals surface area contributed by atoms with Crippen LogP contribution in [0, 0.1) is 22.6 Å². The zero-order valence-electron chi connectivity index (χ0n) is 18.3. The molecule has 4 rings (SSSR count). The van der Waals surface area contributed by atoms with Gasteiger partial charge >= 0.3 is 6.18 Å². The van der Waals surface area contributed by atoms with Gasteiger partial charge in [0.15, 0.2) is 0 Å². The molecule has 0 bridgehead atoms. The van der Waals surface area contributed by atoms with Crippen LogP contribution in [0.15, 0.2) is 67.6 Å². The summed E-state index contributed by atoms with van der Waals surface area (Å²) in [5, 5.41) is 9.91. The second kappa shape index (κ2) is 9.26. The lowest BCUT2D eigenvalue weighted by molar-refractivity contribution is -0.137. The van der Waals surface area contributed by atoms with Crippen LogP contribution >= 0.6 is 0 Å². The number of pyridine rings is 2. The molecule has 0 amide bonds. The van der Waals surface area contributed by atoms with Crippen molar-refractivity contribution in [1.29, 1.82) is 5.26 Å². The molecule has 1 aromatic carbocycles. The Morgan fingerprint density at radius 2 is 1.79 bits per heavy atom. The van der Waals surface area contributed by atoms with E-state index in [0.717, 1.165) is 40.7 Å². The summed E-state index contributed by atoms with van der Waals surface area (Å²) in [7, 11) is 0. The maximum absolute atomic E-state index is 14.3. The van der Waals surface area contributed by atoms with Crippen molar-refractivity contribution < 1.29 is 17.6 Å². The number of benzene rings is 1. The van der Waals surface area contributed by atoms with Crippen LogP contribution in [0.5, 0.6) is 0 Å². The van der Waals surface area contributed by atoms with Crippen LogP contribution in [0.2, 0.25) is 0 Å². The summed E-state index contributed by atoms with van der Waals surface area (Å²) in [6, 6.07) is 12.1. The monoisotopic (exact) mass is 466 g/mol. The Labute approximate surface area is 195 Å². The molecule has 0 atom stereocenters. The van der Waals surface area contributed by atoms with Gasteiger partial charge in [-0.2, -0.15) is 18.4 Å². The van der Waals surface area contributed by atoms with Gasteiger partial charge in [-0.25, -0.2) is 4.39 Å². The molecule has 1 aliphatic heterocycles. The Morgan fingerprint density at radius 3 is 2.44 bits per heavy atom. The third-order valence-corrected chi connectivity index (χ3v) is 6.31. The quantitative estimate of drug-likeness (QED) is 0.425. The number of hydrogen-bond donors (Lipinski definition) is 0. The van der Waals surface area contributed by atoms with Gasteiger partial charge < -0.3 is 4.90 Å². The maximum atomic E-state index is 14.3. The lowest BCUT2D eigenvalue weighted by Gasteiger charge is -2.39. The van der Waals surface area contributed by atoms with E-state index >= 15 is 0 Å². The maximum Gasteiger partial charge on any atom is 0.416 e. The van der Waals surface area contributed by atoms with Crippen molar-refractivity contribution in [3.8, 4) is 17.3 Å². The number of nitrogens with zero attached hydrogens (tertiary/aromatic N) is 4. The first kappa shape index (κ1) is 23.4. The number of halogens is 4. The van der Waals surface area contributed by atoms with Crippen LogP contribution in [-0.2, 0) is 12.6 Å². The molecule has 0 aliphatic carbocycles. The molecule has 174 valence electrons. The Bertz CT molecular complexity index is 1220. The average molecular weight is 466 g/mol. The molecule has 0 spiro atoms. The summed E-state index contributed by atoms with van der Waals surface area (Å²) >= 11 is 0. The van der Waals surface area contributed by atoms with Gasteiger partial charge in [0.25, 0.3) is 0 Å². The molecule has 0 radical (unpaired) electrons. The number of nitriles is 1. The van der Waals surface area contributed by atoms with Gasteiger partial charge in [-0.1, -0.05) is 6.58 Å². The lowest BCUT2D eigenvalue weighted by Crippen LogP contribution is -2.39. The van der Waals surface area contributed by atoms with Gasteiger partial charge in [0.2, 0.25) is 0 Å². The highest BCUT2D eigenvalue weighted by Crippen LogP contribution is 2.39. The van der Waals surface area contributed by atoms with E-state index in [9.17, 15) is 22.8 Å². The standard InChI is InChI=1S/C26H22F4N4/c1-18(22-3-2-10-33-24(22)19-6-11-32-12-7-19)34-13-8-25(17-31,9-14-34)16-20-15-21(26(28,29)30)4-5-23(20)27/h2-7,10-12,15H,1,8-9,13-14,16H2. The Kier molecular flexibility index (Phi) is 6.38. The van der Waals surface area contributed by atoms with Gasteiger partial charge in [-0.3, -0.25) is 9.97 Å². The topological polar surface area (TPSA) is 52.8 Å². The number of aromatic nitrogens is 2. The van der Waals surface area contributed by atoms with Gasteiger partial charge in [0.1, 0.15) is 5.82 Å². The molecule has 1 fully saturated rings. The summed E-state index contributed by atoms with van der Waals surface area (Å²) in [6.07, 6.45) is 1.19. The summed E-state index contributed by atoms with van der Waals surface area (Å²) in [5.41, 5.74) is 1.30. The summed E-state index contributed by atoms with van der Waals surface area (Å²) in [4.78, 5) is 10.6. The van der Waals surface area contributed by atoms with Gasteiger partial charge in [-0.15, -0.1) is 0 Å². The summed E-state index contributed by atoms with van der Waals surface area (Å²) < 4.78 is 53.6. The molecule has 34 heavy (non-hydrogen) atoms. The van der Waals surface area contributed by atoms with Crippen LogP contribution in [0.25, 0.3) is 17.0 Å². The first-order valence-electron chi connectivity index (χ1n) is 10.8. The summed E-state index contributed by atoms with van der Waals surface area (Å²) in [5.74, 6) is -0.730. The molecular formula is C26H22F4N4. The number of likely N-dealkylation sites (tertiary alicyclic amines) is 1. The number of rotatable bonds is 5. The van der Waals surface area contributed by atoms with E-state index in [1.165, 1.54) is 0 Å². The molecule has 4 nitrogen and oxygen atoms in total. The summed E-state index contributed by atoms with van der Waals surface area (Å²) in [6.45, 7) is 5.19. The highest BCUT2D eigenvalue weighted by molar-refractivity contribution is 5.76. The predicted molar refractivity (Wildman–Crippen MR) is 120 cm³/mol. The van der Waals surface area contributed by atoms with E-state index in [-0.39, 0.29) is 12.0 Å². The third kappa shape index (κ3) is 4.79. The van der Waals surface area contributed by atoms with Crippen molar-refractivity contribution in [1.82, 2.24) is 14.9 Å². The van der Waals surface area contributed by atoms with Gasteiger partial charge in [0, 0.05) is 48.5 Å². The van der Waals surface area contributed by atoms with Crippen molar-refractivity contribution in [2.45, 2.75) is 25.4 Å². The van der Waals surface area contributed by atoms with Crippen LogP contribution in [0.1, 0.15) is 29.5 Å². The molecular weight excluding hydrogens is 444 g/mol. The SMILES string of the molecule is C=C(c1cccnc1-c1ccncc1)N1CCC(C#N)(Cc2cc(C(F)(F)F)ccc2F)CC1. The Balaban J connectivity index is 1.52. The average Bonchev–Trinajstić information content (AvgIpc) is 2.85. The van der Waals surface area contributed by atoms with E-state index < -0.39 is 23.0 Å². The first-order valence-corrected chi connectivity index (χ1v) is 10.8. The Morgan fingerprint density at radius 1 is 1.09 bits per heavy atom. The second-order valence-electron chi connectivity index (χ2n) is 8.44. The van der Waals surface area contributed by atoms with E-state index in [1.54, 1.807) is 18.6 Å². The molecule has 1 aliphatic rings. The molecule has 3 heterocycles. The first-order chi connectivity index (χ1) is 16.2. The van der Waals surface area contributed by atoms with E-state index in [1.807, 2.05) is 29.2 Å². The normalized spacial score (nSPS) is 15.6. The molecule has 2 aromatic heterocycles. The fraction of sp³-hybridized carbons (Fsp3) is 0.269. The van der Waals surface area contributed by atoms with Crippen molar-refractivity contribution >= 4 is 5.70 Å². The highest BCUT2D eigenvalue weighted by atomic mass is 19.4. The smallest absolute Gasteiger partial charge is 0.371 e. The van der Waals surface area contributed by atoms with E-state index in [0.29, 0.717) is 25.9 Å². The van der Waals surface area contributed by atoms with Crippen LogP contribution in [-0.4, -0.2) is 28.0 Å². The van der Waals surface area contributed by atoms with Crippen molar-refractivity contribution in [2.75, 3.05) is 13.1 Å². The minimum Gasteiger partial charge on any atom is -0.371 e. The number of piperidine rings is 1. The minimum atomic E-state index is -4.57. The van der Waals surface area contributed by atoms with Gasteiger partial charge in [-0.05, 0) is 67.3 Å². The zero-order valence-corrected chi connectivity index (χ0v) is 18.3. The minimum absolute atomic E-state index is 0.0747. The van der Waals surface area contributed by atoms with Crippen LogP contribution in [0.4, 0.5) is 17.6 Å². The largest absolute Gasteiger partial charge is 0.416 e. The third-order valence-electron chi connectivity index (χ3n) is 6.31. The lowest BCUT2D eigenvalue weighted by atomic mass is 9.74. The second-order valence-corrected chi connectivity index (χ2v) is 8.44. The van der Waals surface area contributed by atoms with E-state index in [4.69, 9.17) is 0 Å². The Hall–Kier alpha value is -3.73. The van der Waals surface area contributed by atoms with Crippen LogP contribution in [0.3, 0.4) is 0 Å². The highest BCUT2D eigenvalue weighted by Gasteiger charge is 2.38. The molecule has 0 saturated carbocycles. The van der Waals surface area contributed by atoms with Crippen LogP contribution < -0.4 is 0 Å².